The average Bonchev–Trinajstić information content (AvgIpc) is 2.41. The van der Waals surface area contributed by atoms with Crippen molar-refractivity contribution >= 4 is 11.8 Å². The van der Waals surface area contributed by atoms with Crippen LogP contribution in [0.2, 0.25) is 0 Å². The fourth-order valence-electron chi connectivity index (χ4n) is 1.85. The molecule has 1 saturated heterocycles. The highest BCUT2D eigenvalue weighted by Crippen LogP contribution is 2.27. The Hall–Kier alpha value is 0.270. The van der Waals surface area contributed by atoms with Crippen LogP contribution in [0.5, 0.6) is 0 Å². The van der Waals surface area contributed by atoms with E-state index in [-0.39, 0.29) is 6.10 Å². The second-order valence-electron chi connectivity index (χ2n) is 4.83. The van der Waals surface area contributed by atoms with Crippen LogP contribution < -0.4 is 0 Å². The Kier molecular flexibility index (Phi) is 5.44. The van der Waals surface area contributed by atoms with Gasteiger partial charge in [0.1, 0.15) is 0 Å². The number of hydrogen-bond acceptors (Lipinski definition) is 3. The zero-order chi connectivity index (χ0) is 11.4. The molecule has 90 valence electrons. The normalized spacial score (nSPS) is 31.8. The van der Waals surface area contributed by atoms with Crippen LogP contribution in [0.15, 0.2) is 0 Å². The molecule has 1 rings (SSSR count). The van der Waals surface area contributed by atoms with Crippen LogP contribution in [-0.2, 0) is 9.47 Å². The third-order valence-electron chi connectivity index (χ3n) is 2.43. The molecule has 0 radical (unpaired) electrons. The monoisotopic (exact) mass is 232 g/mol. The van der Waals surface area contributed by atoms with Crippen LogP contribution in [0.1, 0.15) is 41.0 Å². The highest BCUT2D eigenvalue weighted by Gasteiger charge is 2.34. The molecule has 1 aliphatic heterocycles. The molecule has 1 aliphatic rings. The first-order valence-corrected chi connectivity index (χ1v) is 6.96. The first kappa shape index (κ1) is 13.3. The Morgan fingerprint density at radius 2 is 2.00 bits per heavy atom. The van der Waals surface area contributed by atoms with Crippen LogP contribution in [-0.4, -0.2) is 35.4 Å². The van der Waals surface area contributed by atoms with E-state index >= 15 is 0 Å². The quantitative estimate of drug-likeness (QED) is 0.725. The summed E-state index contributed by atoms with van der Waals surface area (Å²) in [4.78, 5) is 0. The minimum Gasteiger partial charge on any atom is -0.373 e. The smallest absolute Gasteiger partial charge is 0.0931 e. The predicted octanol–water partition coefficient (Wildman–Crippen LogP) is 3.10. The molecule has 0 saturated carbocycles. The topological polar surface area (TPSA) is 18.5 Å². The lowest BCUT2D eigenvalue weighted by molar-refractivity contribution is -0.0340. The van der Waals surface area contributed by atoms with Crippen molar-refractivity contribution in [3.8, 4) is 0 Å². The van der Waals surface area contributed by atoms with E-state index in [4.69, 9.17) is 9.47 Å². The van der Waals surface area contributed by atoms with Crippen molar-refractivity contribution in [2.75, 3.05) is 5.75 Å². The van der Waals surface area contributed by atoms with E-state index in [1.54, 1.807) is 0 Å². The van der Waals surface area contributed by atoms with E-state index in [9.17, 15) is 0 Å². The Bertz CT molecular complexity index is 182. The molecule has 15 heavy (non-hydrogen) atoms. The minimum atomic E-state index is 0.287. The van der Waals surface area contributed by atoms with Crippen molar-refractivity contribution in [2.24, 2.45) is 0 Å². The highest BCUT2D eigenvalue weighted by molar-refractivity contribution is 7.99. The van der Waals surface area contributed by atoms with E-state index < -0.39 is 0 Å². The maximum atomic E-state index is 5.89. The standard InChI is InChI=1S/C12H24O2S/c1-8(2)13-11-6-10(5)14-12(11)7-15-9(3)4/h8-12H,6-7H2,1-5H3/t10-,11-,12+/m0/s1. The summed E-state index contributed by atoms with van der Waals surface area (Å²) in [5.74, 6) is 1.05. The molecule has 1 heterocycles. The zero-order valence-electron chi connectivity index (χ0n) is 10.5. The van der Waals surface area contributed by atoms with Gasteiger partial charge in [0.25, 0.3) is 0 Å². The van der Waals surface area contributed by atoms with Gasteiger partial charge in [-0.15, -0.1) is 0 Å². The summed E-state index contributed by atoms with van der Waals surface area (Å²) in [6.07, 6.45) is 2.28. The van der Waals surface area contributed by atoms with Gasteiger partial charge < -0.3 is 9.47 Å². The summed E-state index contributed by atoms with van der Waals surface area (Å²) in [6.45, 7) is 10.8. The molecule has 0 aromatic heterocycles. The van der Waals surface area contributed by atoms with Crippen LogP contribution in [0.3, 0.4) is 0 Å². The van der Waals surface area contributed by atoms with Gasteiger partial charge in [0.2, 0.25) is 0 Å². The highest BCUT2D eigenvalue weighted by atomic mass is 32.2. The van der Waals surface area contributed by atoms with E-state index in [1.807, 2.05) is 11.8 Å². The van der Waals surface area contributed by atoms with Gasteiger partial charge in [-0.3, -0.25) is 0 Å². The summed E-state index contributed by atoms with van der Waals surface area (Å²) in [5, 5.41) is 0.671. The lowest BCUT2D eigenvalue weighted by Gasteiger charge is -2.21. The van der Waals surface area contributed by atoms with Crippen molar-refractivity contribution in [3.05, 3.63) is 0 Å². The summed E-state index contributed by atoms with van der Waals surface area (Å²) >= 11 is 1.96. The molecule has 0 aliphatic carbocycles. The lowest BCUT2D eigenvalue weighted by Crippen LogP contribution is -2.29. The molecule has 3 heteroatoms. The van der Waals surface area contributed by atoms with Crippen molar-refractivity contribution < 1.29 is 9.47 Å². The second-order valence-corrected chi connectivity index (χ2v) is 6.44. The molecule has 0 bridgehead atoms. The first-order chi connectivity index (χ1) is 6.99. The van der Waals surface area contributed by atoms with E-state index in [2.05, 4.69) is 34.6 Å². The molecule has 0 spiro atoms. The van der Waals surface area contributed by atoms with Crippen molar-refractivity contribution in [3.63, 3.8) is 0 Å². The van der Waals surface area contributed by atoms with Crippen LogP contribution in [0.4, 0.5) is 0 Å². The van der Waals surface area contributed by atoms with Crippen LogP contribution in [0.25, 0.3) is 0 Å². The van der Waals surface area contributed by atoms with Gasteiger partial charge in [-0.25, -0.2) is 0 Å². The van der Waals surface area contributed by atoms with Gasteiger partial charge >= 0.3 is 0 Å². The molecule has 2 nitrogen and oxygen atoms in total. The molecule has 0 aromatic rings. The van der Waals surface area contributed by atoms with Crippen molar-refractivity contribution in [2.45, 2.75) is 70.7 Å². The molecule has 0 unspecified atom stereocenters. The third kappa shape index (κ3) is 4.75. The number of rotatable bonds is 5. The van der Waals surface area contributed by atoms with Crippen LogP contribution in [0, 0.1) is 0 Å². The van der Waals surface area contributed by atoms with Gasteiger partial charge in [-0.2, -0.15) is 11.8 Å². The Morgan fingerprint density at radius 3 is 2.53 bits per heavy atom. The van der Waals surface area contributed by atoms with Gasteiger partial charge in [0, 0.05) is 12.2 Å². The molecule has 1 fully saturated rings. The number of thioether (sulfide) groups is 1. The summed E-state index contributed by atoms with van der Waals surface area (Å²) in [5.41, 5.74) is 0. The fraction of sp³-hybridized carbons (Fsp3) is 1.00. The molecule has 0 N–H and O–H groups in total. The zero-order valence-corrected chi connectivity index (χ0v) is 11.3. The summed E-state index contributed by atoms with van der Waals surface area (Å²) in [7, 11) is 0. The van der Waals surface area contributed by atoms with Gasteiger partial charge in [0.05, 0.1) is 24.4 Å². The summed E-state index contributed by atoms with van der Waals surface area (Å²) in [6, 6.07) is 0. The fourth-order valence-corrected chi connectivity index (χ4v) is 2.71. The predicted molar refractivity (Wildman–Crippen MR) is 66.6 cm³/mol. The first-order valence-electron chi connectivity index (χ1n) is 5.91. The largest absolute Gasteiger partial charge is 0.373 e. The van der Waals surface area contributed by atoms with Crippen molar-refractivity contribution in [1.29, 1.82) is 0 Å². The molecule has 0 amide bonds. The van der Waals surface area contributed by atoms with Crippen LogP contribution >= 0.6 is 11.8 Å². The maximum Gasteiger partial charge on any atom is 0.0931 e. The molecular weight excluding hydrogens is 208 g/mol. The lowest BCUT2D eigenvalue weighted by atomic mass is 10.1. The van der Waals surface area contributed by atoms with E-state index in [0.717, 1.165) is 12.2 Å². The average molecular weight is 232 g/mol. The Morgan fingerprint density at radius 1 is 1.33 bits per heavy atom. The Labute approximate surface area is 98.1 Å². The minimum absolute atomic E-state index is 0.287. The molecular formula is C12H24O2S. The third-order valence-corrected chi connectivity index (χ3v) is 3.61. The summed E-state index contributed by atoms with van der Waals surface area (Å²) < 4.78 is 11.8. The Balaban J connectivity index is 2.38. The SMILES string of the molecule is CC(C)O[C@H]1C[C@H](C)O[C@@H]1CSC(C)C. The number of hydrogen-bond donors (Lipinski definition) is 0. The second kappa shape index (κ2) is 6.12. The molecule has 0 aromatic carbocycles. The van der Waals surface area contributed by atoms with Crippen molar-refractivity contribution in [1.82, 2.24) is 0 Å². The van der Waals surface area contributed by atoms with E-state index in [0.29, 0.717) is 23.6 Å². The van der Waals surface area contributed by atoms with Gasteiger partial charge in [-0.05, 0) is 26.0 Å². The number of ether oxygens (including phenoxy) is 2. The maximum absolute atomic E-state index is 5.89. The molecule has 3 atom stereocenters. The van der Waals surface area contributed by atoms with Gasteiger partial charge in [0.15, 0.2) is 0 Å². The van der Waals surface area contributed by atoms with E-state index in [1.165, 1.54) is 0 Å². The van der Waals surface area contributed by atoms with Gasteiger partial charge in [-0.1, -0.05) is 13.8 Å².